The predicted molar refractivity (Wildman–Crippen MR) is 68.3 cm³/mol. The summed E-state index contributed by atoms with van der Waals surface area (Å²) < 4.78 is 50.0. The van der Waals surface area contributed by atoms with E-state index in [0.717, 1.165) is 11.0 Å². The molecule has 0 radical (unpaired) electrons. The lowest BCUT2D eigenvalue weighted by atomic mass is 9.91. The van der Waals surface area contributed by atoms with E-state index >= 15 is 0 Å². The first-order chi connectivity index (χ1) is 9.68. The van der Waals surface area contributed by atoms with E-state index in [-0.39, 0.29) is 6.42 Å². The molecule has 0 saturated carbocycles. The number of sulfone groups is 1. The maximum absolute atomic E-state index is 13.3. The number of carboxylic acid groups (broad SMARTS) is 1. The Hall–Kier alpha value is -1.77. The van der Waals surface area contributed by atoms with E-state index in [0.29, 0.717) is 6.08 Å². The Kier molecular flexibility index (Phi) is 4.13. The molecule has 1 unspecified atom stereocenters. The second kappa shape index (κ2) is 5.55. The van der Waals surface area contributed by atoms with Gasteiger partial charge in [0.2, 0.25) is 5.91 Å². The fraction of sp³-hybridized carbons (Fsp3) is 0.500. The highest BCUT2D eigenvalue weighted by molar-refractivity contribution is 7.92. The van der Waals surface area contributed by atoms with E-state index in [2.05, 4.69) is 0 Å². The Morgan fingerprint density at radius 1 is 1.43 bits per heavy atom. The highest BCUT2D eigenvalue weighted by atomic mass is 32.2. The molecule has 2 rings (SSSR count). The van der Waals surface area contributed by atoms with Gasteiger partial charge in [0.1, 0.15) is 24.0 Å². The monoisotopic (exact) mass is 321 g/mol. The fourth-order valence-electron chi connectivity index (χ4n) is 2.56. The summed E-state index contributed by atoms with van der Waals surface area (Å²) in [5.74, 6) is -6.02. The van der Waals surface area contributed by atoms with Crippen LogP contribution in [0.25, 0.3) is 0 Å². The van der Waals surface area contributed by atoms with Crippen LogP contribution in [0, 0.1) is 5.92 Å². The number of halogens is 2. The highest BCUT2D eigenvalue weighted by Crippen LogP contribution is 2.31. The third kappa shape index (κ3) is 3.66. The molecule has 1 amide bonds. The molecule has 116 valence electrons. The minimum atomic E-state index is -3.71. The van der Waals surface area contributed by atoms with Crippen LogP contribution in [-0.4, -0.2) is 54.4 Å². The summed E-state index contributed by atoms with van der Waals surface area (Å²) in [5.41, 5.74) is 0. The van der Waals surface area contributed by atoms with Crippen molar-refractivity contribution in [1.29, 1.82) is 0 Å². The van der Waals surface area contributed by atoms with Crippen LogP contribution in [0.2, 0.25) is 0 Å². The number of allylic oxidation sites excluding steroid dienone is 3. The van der Waals surface area contributed by atoms with Crippen LogP contribution >= 0.6 is 0 Å². The van der Waals surface area contributed by atoms with Crippen molar-refractivity contribution in [2.24, 2.45) is 5.92 Å². The smallest absolute Gasteiger partial charge is 0.323 e. The largest absolute Gasteiger partial charge is 0.480 e. The Bertz CT molecular complexity index is 640. The van der Waals surface area contributed by atoms with Crippen molar-refractivity contribution >= 4 is 21.7 Å². The molecule has 2 atom stereocenters. The molecule has 6 nitrogen and oxygen atoms in total. The summed E-state index contributed by atoms with van der Waals surface area (Å²) in [6.07, 6.45) is 1.44. The molecule has 0 aromatic rings. The summed E-state index contributed by atoms with van der Waals surface area (Å²) >= 11 is 0. The van der Waals surface area contributed by atoms with Crippen molar-refractivity contribution in [3.05, 3.63) is 23.8 Å². The third-order valence-corrected chi connectivity index (χ3v) is 4.92. The van der Waals surface area contributed by atoms with E-state index in [1.165, 1.54) is 0 Å². The van der Waals surface area contributed by atoms with Gasteiger partial charge in [-0.15, -0.1) is 0 Å². The molecular weight excluding hydrogens is 308 g/mol. The number of hydrogen-bond acceptors (Lipinski definition) is 4. The Labute approximate surface area is 119 Å². The van der Waals surface area contributed by atoms with Crippen molar-refractivity contribution in [2.75, 3.05) is 18.1 Å². The minimum Gasteiger partial charge on any atom is -0.480 e. The molecule has 0 aromatic heterocycles. The molecule has 1 aliphatic carbocycles. The van der Waals surface area contributed by atoms with Gasteiger partial charge in [-0.1, -0.05) is 0 Å². The predicted octanol–water partition coefficient (Wildman–Crippen LogP) is 0.423. The summed E-state index contributed by atoms with van der Waals surface area (Å²) in [7, 11) is -3.71. The minimum absolute atomic E-state index is 0.267. The van der Waals surface area contributed by atoms with Crippen LogP contribution in [-0.2, 0) is 19.4 Å². The summed E-state index contributed by atoms with van der Waals surface area (Å²) in [6.45, 7) is -0.698. The molecule has 21 heavy (non-hydrogen) atoms. The lowest BCUT2D eigenvalue weighted by molar-refractivity contribution is -0.145. The second-order valence-corrected chi connectivity index (χ2v) is 7.16. The van der Waals surface area contributed by atoms with Crippen LogP contribution < -0.4 is 0 Å². The standard InChI is InChI=1S/C12H13F2NO5S/c13-8-1-7(2-9(14)3-8)10-5-21(19,20)6-11(16)15(10)4-12(17)18/h1,3,7,10H,2,4-6H2,(H,17,18)/t7?,10-/m0/s1. The van der Waals surface area contributed by atoms with Crippen molar-refractivity contribution in [2.45, 2.75) is 12.5 Å². The molecule has 2 aliphatic rings. The van der Waals surface area contributed by atoms with Crippen LogP contribution in [0.1, 0.15) is 6.42 Å². The molecule has 1 aliphatic heterocycles. The number of carboxylic acids is 1. The highest BCUT2D eigenvalue weighted by Gasteiger charge is 2.41. The van der Waals surface area contributed by atoms with Gasteiger partial charge in [0.15, 0.2) is 9.84 Å². The average Bonchev–Trinajstić information content (AvgIpc) is 2.30. The van der Waals surface area contributed by atoms with Crippen LogP contribution in [0.4, 0.5) is 8.78 Å². The average molecular weight is 321 g/mol. The number of carbonyl (C=O) groups excluding carboxylic acids is 1. The number of carbonyl (C=O) groups is 2. The van der Waals surface area contributed by atoms with Gasteiger partial charge in [0, 0.05) is 18.4 Å². The second-order valence-electron chi connectivity index (χ2n) is 5.05. The molecule has 1 saturated heterocycles. The van der Waals surface area contributed by atoms with Gasteiger partial charge in [-0.3, -0.25) is 9.59 Å². The lowest BCUT2D eigenvalue weighted by Crippen LogP contribution is -2.56. The summed E-state index contributed by atoms with van der Waals surface area (Å²) in [5, 5.41) is 8.82. The Morgan fingerprint density at radius 2 is 2.10 bits per heavy atom. The van der Waals surface area contributed by atoms with Gasteiger partial charge >= 0.3 is 5.97 Å². The fourth-order valence-corrected chi connectivity index (χ4v) is 4.17. The summed E-state index contributed by atoms with van der Waals surface area (Å²) in [6, 6.07) is -1.09. The molecule has 0 spiro atoms. The van der Waals surface area contributed by atoms with Gasteiger partial charge in [-0.2, -0.15) is 0 Å². The van der Waals surface area contributed by atoms with E-state index in [1.54, 1.807) is 0 Å². The first-order valence-corrected chi connectivity index (χ1v) is 7.95. The van der Waals surface area contributed by atoms with Gasteiger partial charge < -0.3 is 10.0 Å². The number of aliphatic carboxylic acids is 1. The number of hydrogen-bond donors (Lipinski definition) is 1. The van der Waals surface area contributed by atoms with Crippen molar-refractivity contribution < 1.29 is 31.9 Å². The van der Waals surface area contributed by atoms with E-state index in [9.17, 15) is 26.8 Å². The maximum Gasteiger partial charge on any atom is 0.323 e. The maximum atomic E-state index is 13.3. The molecule has 0 aromatic carbocycles. The Morgan fingerprint density at radius 3 is 2.67 bits per heavy atom. The van der Waals surface area contributed by atoms with Gasteiger partial charge in [-0.25, -0.2) is 17.2 Å². The van der Waals surface area contributed by atoms with Gasteiger partial charge in [0.25, 0.3) is 0 Å². The van der Waals surface area contributed by atoms with Crippen molar-refractivity contribution in [3.8, 4) is 0 Å². The zero-order valence-corrected chi connectivity index (χ0v) is 11.6. The molecule has 1 N–H and O–H groups in total. The zero-order valence-electron chi connectivity index (χ0n) is 10.8. The number of rotatable bonds is 3. The van der Waals surface area contributed by atoms with E-state index < -0.39 is 63.4 Å². The quantitative estimate of drug-likeness (QED) is 0.813. The summed E-state index contributed by atoms with van der Waals surface area (Å²) in [4.78, 5) is 23.5. The van der Waals surface area contributed by atoms with Crippen LogP contribution in [0.3, 0.4) is 0 Å². The van der Waals surface area contributed by atoms with Crippen molar-refractivity contribution in [1.82, 2.24) is 4.90 Å². The number of nitrogens with zero attached hydrogens (tertiary/aromatic N) is 1. The first-order valence-electron chi connectivity index (χ1n) is 6.13. The molecule has 1 heterocycles. The van der Waals surface area contributed by atoms with Gasteiger partial charge in [0.05, 0.1) is 11.8 Å². The van der Waals surface area contributed by atoms with Gasteiger partial charge in [-0.05, 0) is 6.08 Å². The zero-order chi connectivity index (χ0) is 15.8. The van der Waals surface area contributed by atoms with Crippen molar-refractivity contribution in [3.63, 3.8) is 0 Å². The van der Waals surface area contributed by atoms with Crippen LogP contribution in [0.15, 0.2) is 23.8 Å². The molecule has 9 heteroatoms. The molecule has 0 bridgehead atoms. The number of amides is 1. The van der Waals surface area contributed by atoms with E-state index in [4.69, 9.17) is 5.11 Å². The molecular formula is C12H13F2NO5S. The Balaban J connectivity index is 2.33. The van der Waals surface area contributed by atoms with E-state index in [1.807, 2.05) is 0 Å². The van der Waals surface area contributed by atoms with Crippen LogP contribution in [0.5, 0.6) is 0 Å². The molecule has 1 fully saturated rings. The lowest BCUT2D eigenvalue weighted by Gasteiger charge is -2.38. The topological polar surface area (TPSA) is 91.8 Å². The normalized spacial score (nSPS) is 28.9. The first kappa shape index (κ1) is 15.6. The SMILES string of the molecule is O=C(O)CN1C(=O)CS(=O)(=O)C[C@H]1C1C=C(F)C=C(F)C1. The third-order valence-electron chi connectivity index (χ3n) is 3.39.